The number of ether oxygens (including phenoxy) is 1. The maximum Gasteiger partial charge on any atom is 0.261 e. The zero-order chi connectivity index (χ0) is 22.4. The summed E-state index contributed by atoms with van der Waals surface area (Å²) in [5.41, 5.74) is 2.85. The predicted octanol–water partition coefficient (Wildman–Crippen LogP) is 4.30. The zero-order valence-electron chi connectivity index (χ0n) is 18.5. The molecule has 1 unspecified atom stereocenters. The summed E-state index contributed by atoms with van der Waals surface area (Å²) in [5, 5.41) is 3.06. The van der Waals surface area contributed by atoms with E-state index in [4.69, 9.17) is 4.74 Å². The van der Waals surface area contributed by atoms with Gasteiger partial charge in [-0.2, -0.15) is 0 Å². The minimum atomic E-state index is -0.666. The van der Waals surface area contributed by atoms with Gasteiger partial charge in [-0.3, -0.25) is 9.59 Å². The van der Waals surface area contributed by atoms with E-state index in [1.807, 2.05) is 32.0 Å². The van der Waals surface area contributed by atoms with Crippen LogP contribution in [0.5, 0.6) is 5.75 Å². The second-order valence-corrected chi connectivity index (χ2v) is 8.43. The Morgan fingerprint density at radius 1 is 1.10 bits per heavy atom. The van der Waals surface area contributed by atoms with Crippen LogP contribution in [-0.2, 0) is 16.1 Å². The Morgan fingerprint density at radius 2 is 1.71 bits per heavy atom. The molecule has 1 N–H and O–H groups in total. The summed E-state index contributed by atoms with van der Waals surface area (Å²) in [7, 11) is 0. The van der Waals surface area contributed by atoms with Crippen LogP contribution in [0.15, 0.2) is 42.5 Å². The molecule has 1 fully saturated rings. The predicted molar refractivity (Wildman–Crippen MR) is 118 cm³/mol. The molecule has 31 heavy (non-hydrogen) atoms. The number of aryl methyl sites for hydroxylation is 2. The van der Waals surface area contributed by atoms with Gasteiger partial charge in [-0.15, -0.1) is 0 Å². The van der Waals surface area contributed by atoms with E-state index in [9.17, 15) is 14.0 Å². The number of nitrogens with zero attached hydrogens (tertiary/aromatic N) is 1. The molecule has 5 nitrogen and oxygen atoms in total. The number of carbonyl (C=O) groups is 2. The lowest BCUT2D eigenvalue weighted by Gasteiger charge is -2.29. The summed E-state index contributed by atoms with van der Waals surface area (Å²) in [6.07, 6.45) is 4.17. The van der Waals surface area contributed by atoms with Crippen LogP contribution >= 0.6 is 0 Å². The quantitative estimate of drug-likeness (QED) is 0.685. The molecule has 1 saturated carbocycles. The average molecular weight is 427 g/mol. The Hall–Kier alpha value is -2.89. The summed E-state index contributed by atoms with van der Waals surface area (Å²) < 4.78 is 19.1. The van der Waals surface area contributed by atoms with Gasteiger partial charge in [0.1, 0.15) is 17.6 Å². The molecular weight excluding hydrogens is 395 g/mol. The Balaban J connectivity index is 1.72. The molecule has 2 aromatic rings. The molecule has 0 heterocycles. The monoisotopic (exact) mass is 426 g/mol. The third kappa shape index (κ3) is 6.54. The van der Waals surface area contributed by atoms with E-state index >= 15 is 0 Å². The summed E-state index contributed by atoms with van der Waals surface area (Å²) in [4.78, 5) is 27.4. The van der Waals surface area contributed by atoms with Crippen LogP contribution in [0.2, 0.25) is 0 Å². The van der Waals surface area contributed by atoms with Crippen LogP contribution in [-0.4, -0.2) is 35.4 Å². The standard InChI is InChI=1S/C25H31FN2O3/c1-17-12-18(2)14-23(13-17)31-16-24(29)28(15-20-8-10-21(26)11-9-20)19(3)25(30)27-22-6-4-5-7-22/h8-14,19,22H,4-7,15-16H2,1-3H3,(H,27,30). The van der Waals surface area contributed by atoms with E-state index < -0.39 is 6.04 Å². The SMILES string of the molecule is Cc1cc(C)cc(OCC(=O)N(Cc2ccc(F)cc2)C(C)C(=O)NC2CCCC2)c1. The molecule has 166 valence electrons. The Morgan fingerprint density at radius 3 is 2.32 bits per heavy atom. The van der Waals surface area contributed by atoms with Gasteiger partial charge in [-0.05, 0) is 74.6 Å². The van der Waals surface area contributed by atoms with Gasteiger partial charge in [0.2, 0.25) is 5.91 Å². The molecule has 0 spiro atoms. The zero-order valence-corrected chi connectivity index (χ0v) is 18.5. The second kappa shape index (κ2) is 10.4. The van der Waals surface area contributed by atoms with Crippen LogP contribution in [0.25, 0.3) is 0 Å². The van der Waals surface area contributed by atoms with Crippen molar-refractivity contribution < 1.29 is 18.7 Å². The van der Waals surface area contributed by atoms with Crippen molar-refractivity contribution in [1.82, 2.24) is 10.2 Å². The molecule has 0 aromatic heterocycles. The number of amides is 2. The normalized spacial score (nSPS) is 14.8. The lowest BCUT2D eigenvalue weighted by molar-refractivity contribution is -0.142. The lowest BCUT2D eigenvalue weighted by Crippen LogP contribution is -2.50. The Labute approximate surface area is 183 Å². The third-order valence-corrected chi connectivity index (χ3v) is 5.69. The molecule has 0 bridgehead atoms. The highest BCUT2D eigenvalue weighted by Gasteiger charge is 2.28. The number of carbonyl (C=O) groups excluding carboxylic acids is 2. The van der Waals surface area contributed by atoms with Crippen LogP contribution in [0.4, 0.5) is 4.39 Å². The molecule has 6 heteroatoms. The van der Waals surface area contributed by atoms with Gasteiger partial charge in [0.25, 0.3) is 5.91 Å². The topological polar surface area (TPSA) is 58.6 Å². The van der Waals surface area contributed by atoms with Crippen molar-refractivity contribution in [3.05, 3.63) is 65.0 Å². The molecule has 2 aromatic carbocycles. The van der Waals surface area contributed by atoms with Crippen molar-refractivity contribution in [2.24, 2.45) is 0 Å². The Bertz CT molecular complexity index is 887. The average Bonchev–Trinajstić information content (AvgIpc) is 3.23. The lowest BCUT2D eigenvalue weighted by atomic mass is 10.1. The highest BCUT2D eigenvalue weighted by molar-refractivity contribution is 5.88. The van der Waals surface area contributed by atoms with E-state index in [1.54, 1.807) is 19.1 Å². The van der Waals surface area contributed by atoms with Crippen molar-refractivity contribution in [3.63, 3.8) is 0 Å². The number of benzene rings is 2. The molecular formula is C25H31FN2O3. The number of rotatable bonds is 8. The van der Waals surface area contributed by atoms with Gasteiger partial charge in [-0.1, -0.05) is 31.0 Å². The highest BCUT2D eigenvalue weighted by Crippen LogP contribution is 2.19. The van der Waals surface area contributed by atoms with Gasteiger partial charge < -0.3 is 15.0 Å². The fraction of sp³-hybridized carbons (Fsp3) is 0.440. The molecule has 2 amide bonds. The summed E-state index contributed by atoms with van der Waals surface area (Å²) in [6.45, 7) is 5.69. The first kappa shape index (κ1) is 22.8. The van der Waals surface area contributed by atoms with E-state index in [0.29, 0.717) is 5.75 Å². The number of nitrogens with one attached hydrogen (secondary N) is 1. The summed E-state index contributed by atoms with van der Waals surface area (Å²) in [5.74, 6) is -0.186. The molecule has 1 atom stereocenters. The summed E-state index contributed by atoms with van der Waals surface area (Å²) >= 11 is 0. The van der Waals surface area contributed by atoms with E-state index in [2.05, 4.69) is 5.32 Å². The maximum absolute atomic E-state index is 13.3. The van der Waals surface area contributed by atoms with Crippen molar-refractivity contribution in [2.45, 2.75) is 65.1 Å². The molecule has 0 radical (unpaired) electrons. The molecule has 0 saturated heterocycles. The van der Waals surface area contributed by atoms with Gasteiger partial charge in [-0.25, -0.2) is 4.39 Å². The smallest absolute Gasteiger partial charge is 0.261 e. The highest BCUT2D eigenvalue weighted by atomic mass is 19.1. The maximum atomic E-state index is 13.3. The van der Waals surface area contributed by atoms with Gasteiger partial charge in [0, 0.05) is 12.6 Å². The number of halogens is 1. The van der Waals surface area contributed by atoms with Gasteiger partial charge in [0.05, 0.1) is 0 Å². The van der Waals surface area contributed by atoms with Gasteiger partial charge in [0.15, 0.2) is 6.61 Å². The van der Waals surface area contributed by atoms with Crippen molar-refractivity contribution >= 4 is 11.8 Å². The van der Waals surface area contributed by atoms with Crippen LogP contribution in [0.1, 0.15) is 49.3 Å². The van der Waals surface area contributed by atoms with E-state index in [-0.39, 0.29) is 36.8 Å². The minimum absolute atomic E-state index is 0.171. The first-order valence-electron chi connectivity index (χ1n) is 10.9. The van der Waals surface area contributed by atoms with Crippen molar-refractivity contribution in [2.75, 3.05) is 6.61 Å². The third-order valence-electron chi connectivity index (χ3n) is 5.69. The Kier molecular flexibility index (Phi) is 7.66. The molecule has 1 aliphatic rings. The van der Waals surface area contributed by atoms with Crippen LogP contribution < -0.4 is 10.1 Å². The first-order valence-corrected chi connectivity index (χ1v) is 10.9. The van der Waals surface area contributed by atoms with Crippen molar-refractivity contribution in [1.29, 1.82) is 0 Å². The molecule has 0 aliphatic heterocycles. The van der Waals surface area contributed by atoms with Gasteiger partial charge >= 0.3 is 0 Å². The molecule has 3 rings (SSSR count). The first-order chi connectivity index (χ1) is 14.8. The second-order valence-electron chi connectivity index (χ2n) is 8.43. The van der Waals surface area contributed by atoms with Crippen LogP contribution in [0.3, 0.4) is 0 Å². The van der Waals surface area contributed by atoms with E-state index in [0.717, 1.165) is 42.4 Å². The van der Waals surface area contributed by atoms with Crippen LogP contribution in [0, 0.1) is 19.7 Å². The number of hydrogen-bond donors (Lipinski definition) is 1. The number of hydrogen-bond acceptors (Lipinski definition) is 3. The minimum Gasteiger partial charge on any atom is -0.484 e. The van der Waals surface area contributed by atoms with E-state index in [1.165, 1.54) is 17.0 Å². The van der Waals surface area contributed by atoms with Crippen molar-refractivity contribution in [3.8, 4) is 5.75 Å². The summed E-state index contributed by atoms with van der Waals surface area (Å²) in [6, 6.07) is 11.3. The fourth-order valence-corrected chi connectivity index (χ4v) is 4.01. The molecule has 1 aliphatic carbocycles. The largest absolute Gasteiger partial charge is 0.484 e. The fourth-order valence-electron chi connectivity index (χ4n) is 4.01.